The fourth-order valence-electron chi connectivity index (χ4n) is 9.81. The number of piperidine rings is 1. The fraction of sp³-hybridized carbons (Fsp3) is 0.595. The van der Waals surface area contributed by atoms with Gasteiger partial charge in [0.2, 0.25) is 0 Å². The zero-order valence-corrected chi connectivity index (χ0v) is 35.5. The molecule has 0 unspecified atom stereocenters. The van der Waals surface area contributed by atoms with E-state index < -0.39 is 21.4 Å². The molecule has 2 spiro atoms. The molecule has 8 rings (SSSR count). The van der Waals surface area contributed by atoms with Crippen LogP contribution in [0.2, 0.25) is 5.02 Å². The predicted molar refractivity (Wildman–Crippen MR) is 217 cm³/mol. The molecule has 2 aliphatic heterocycles. The van der Waals surface area contributed by atoms with Gasteiger partial charge in [-0.15, -0.1) is 0 Å². The van der Waals surface area contributed by atoms with Gasteiger partial charge >= 0.3 is 6.09 Å². The molecule has 14 heteroatoms. The molecule has 2 saturated carbocycles. The van der Waals surface area contributed by atoms with Crippen LogP contribution < -0.4 is 4.90 Å². The van der Waals surface area contributed by atoms with Gasteiger partial charge in [-0.25, -0.2) is 4.79 Å². The maximum Gasteiger partial charge on any atom is 0.410 e. The van der Waals surface area contributed by atoms with E-state index in [-0.39, 0.29) is 28.0 Å². The predicted octanol–water partition coefficient (Wildman–Crippen LogP) is 8.58. The van der Waals surface area contributed by atoms with E-state index in [4.69, 9.17) is 30.9 Å². The van der Waals surface area contributed by atoms with Crippen LogP contribution in [0.4, 0.5) is 10.6 Å². The van der Waals surface area contributed by atoms with Crippen molar-refractivity contribution in [2.45, 2.75) is 128 Å². The molecule has 56 heavy (non-hydrogen) atoms. The standard InChI is InChI=1S/C42H55ClN6O6S/c1-9-53-42(54-10-2)18-19-47(41(24-42)16-11-17-41)37-34(29(5)48(45-37)30-21-40(22-30)25-46(26-40)38(50)55-39(6,7)8)35-32-23-44-49(33(32)20-28(4)36(35)43)56(51,52)31-14-12-27(3)13-15-31/h12-15,20,23,30H,9-11,16-19,21-22,24-26H2,1-8H3. The van der Waals surface area contributed by atoms with Gasteiger partial charge in [0.15, 0.2) is 11.6 Å². The fourth-order valence-corrected chi connectivity index (χ4v) is 11.3. The summed E-state index contributed by atoms with van der Waals surface area (Å²) >= 11 is 7.37. The Kier molecular flexibility index (Phi) is 9.61. The maximum absolute atomic E-state index is 14.1. The Morgan fingerprint density at radius 2 is 1.64 bits per heavy atom. The third-order valence-electron chi connectivity index (χ3n) is 12.5. The van der Waals surface area contributed by atoms with Gasteiger partial charge in [-0.3, -0.25) is 4.68 Å². The number of carbonyl (C=O) groups is 1. The summed E-state index contributed by atoms with van der Waals surface area (Å²) in [4.78, 5) is 17.3. The minimum absolute atomic E-state index is 0.0366. The number of hydrogen-bond donors (Lipinski definition) is 0. The Hall–Kier alpha value is -3.65. The number of amides is 1. The monoisotopic (exact) mass is 806 g/mol. The van der Waals surface area contributed by atoms with Crippen LogP contribution in [0.5, 0.6) is 0 Å². The van der Waals surface area contributed by atoms with Crippen LogP contribution in [0.1, 0.15) is 102 Å². The highest BCUT2D eigenvalue weighted by Crippen LogP contribution is 2.57. The van der Waals surface area contributed by atoms with Crippen molar-refractivity contribution in [3.63, 3.8) is 0 Å². The molecule has 0 bridgehead atoms. The van der Waals surface area contributed by atoms with Gasteiger partial charge in [0.05, 0.1) is 27.7 Å². The molecule has 0 radical (unpaired) electrons. The molecule has 302 valence electrons. The van der Waals surface area contributed by atoms with Crippen molar-refractivity contribution in [1.29, 1.82) is 0 Å². The number of benzene rings is 2. The van der Waals surface area contributed by atoms with Gasteiger partial charge in [0.25, 0.3) is 10.0 Å². The summed E-state index contributed by atoms with van der Waals surface area (Å²) in [5.74, 6) is 0.180. The Labute approximate surface area is 335 Å². The second-order valence-corrected chi connectivity index (χ2v) is 19.8. The highest BCUT2D eigenvalue weighted by Gasteiger charge is 2.57. The van der Waals surface area contributed by atoms with Crippen LogP contribution in [0.15, 0.2) is 41.4 Å². The number of aryl methyl sites for hydroxylation is 2. The average molecular weight is 807 g/mol. The summed E-state index contributed by atoms with van der Waals surface area (Å²) in [6.45, 7) is 18.8. The van der Waals surface area contributed by atoms with Gasteiger partial charge in [-0.05, 0) is 111 Å². The number of hydrogen-bond acceptors (Lipinski definition) is 9. The van der Waals surface area contributed by atoms with Crippen molar-refractivity contribution < 1.29 is 27.4 Å². The molecule has 2 aromatic carbocycles. The lowest BCUT2D eigenvalue weighted by molar-refractivity contribution is -0.258. The zero-order valence-electron chi connectivity index (χ0n) is 33.9. The molecule has 2 aliphatic carbocycles. The van der Waals surface area contributed by atoms with Crippen molar-refractivity contribution in [2.75, 3.05) is 37.7 Å². The quantitative estimate of drug-likeness (QED) is 0.153. The summed E-state index contributed by atoms with van der Waals surface area (Å²) in [5, 5.41) is 11.2. The van der Waals surface area contributed by atoms with E-state index in [0.29, 0.717) is 55.2 Å². The first-order valence-electron chi connectivity index (χ1n) is 20.1. The number of aromatic nitrogens is 4. The van der Waals surface area contributed by atoms with Crippen LogP contribution >= 0.6 is 11.6 Å². The summed E-state index contributed by atoms with van der Waals surface area (Å²) in [6, 6.07) is 8.76. The molecule has 0 N–H and O–H groups in total. The molecule has 2 saturated heterocycles. The third-order valence-corrected chi connectivity index (χ3v) is 14.6. The van der Waals surface area contributed by atoms with Gasteiger partial charge in [0, 0.05) is 78.9 Å². The molecular weight excluding hydrogens is 752 g/mol. The largest absolute Gasteiger partial charge is 0.444 e. The van der Waals surface area contributed by atoms with Gasteiger partial charge < -0.3 is 24.0 Å². The van der Waals surface area contributed by atoms with E-state index in [1.807, 2.05) is 54.5 Å². The molecule has 4 fully saturated rings. The van der Waals surface area contributed by atoms with Crippen LogP contribution in [0, 0.1) is 26.2 Å². The van der Waals surface area contributed by atoms with Crippen molar-refractivity contribution in [2.24, 2.45) is 5.41 Å². The normalized spacial score (nSPS) is 20.3. The number of rotatable bonds is 9. The minimum atomic E-state index is -4.01. The van der Waals surface area contributed by atoms with Crippen molar-refractivity contribution >= 4 is 44.4 Å². The molecule has 4 aromatic rings. The summed E-state index contributed by atoms with van der Waals surface area (Å²) in [7, 11) is -4.01. The van der Waals surface area contributed by atoms with E-state index in [9.17, 15) is 13.2 Å². The molecule has 4 aliphatic rings. The maximum atomic E-state index is 14.1. The van der Waals surface area contributed by atoms with E-state index in [1.165, 1.54) is 0 Å². The molecule has 2 aromatic heterocycles. The van der Waals surface area contributed by atoms with E-state index >= 15 is 0 Å². The second kappa shape index (κ2) is 13.7. The Balaban J connectivity index is 1.23. The lowest BCUT2D eigenvalue weighted by atomic mass is 9.61. The number of halogens is 1. The summed E-state index contributed by atoms with van der Waals surface area (Å²) < 4.78 is 49.9. The first-order valence-corrected chi connectivity index (χ1v) is 21.9. The van der Waals surface area contributed by atoms with Gasteiger partial charge in [-0.2, -0.15) is 22.7 Å². The number of carbonyl (C=O) groups excluding carboxylic acids is 1. The Bertz CT molecular complexity index is 2270. The highest BCUT2D eigenvalue weighted by molar-refractivity contribution is 7.90. The molecule has 1 amide bonds. The lowest BCUT2D eigenvalue weighted by Gasteiger charge is -2.59. The van der Waals surface area contributed by atoms with Crippen molar-refractivity contribution in [1.82, 2.24) is 23.9 Å². The number of ether oxygens (including phenoxy) is 3. The number of likely N-dealkylation sites (tertiary alicyclic amines) is 1. The van der Waals surface area contributed by atoms with Crippen molar-refractivity contribution in [3.8, 4) is 11.1 Å². The topological polar surface area (TPSA) is 121 Å². The smallest absolute Gasteiger partial charge is 0.410 e. The van der Waals surface area contributed by atoms with E-state index in [0.717, 1.165) is 76.4 Å². The highest BCUT2D eigenvalue weighted by atomic mass is 35.5. The Morgan fingerprint density at radius 3 is 2.23 bits per heavy atom. The minimum Gasteiger partial charge on any atom is -0.444 e. The molecule has 12 nitrogen and oxygen atoms in total. The number of nitrogens with zero attached hydrogens (tertiary/aromatic N) is 6. The molecular formula is C42H55ClN6O6S. The Morgan fingerprint density at radius 1 is 0.982 bits per heavy atom. The molecule has 0 atom stereocenters. The van der Waals surface area contributed by atoms with Gasteiger partial charge in [-0.1, -0.05) is 29.3 Å². The van der Waals surface area contributed by atoms with Crippen LogP contribution in [-0.4, -0.2) is 88.2 Å². The molecule has 4 heterocycles. The van der Waals surface area contributed by atoms with E-state index in [2.05, 4.69) is 21.6 Å². The van der Waals surface area contributed by atoms with E-state index in [1.54, 1.807) is 35.4 Å². The van der Waals surface area contributed by atoms with Crippen LogP contribution in [-0.2, 0) is 24.2 Å². The van der Waals surface area contributed by atoms with Crippen molar-refractivity contribution in [3.05, 3.63) is 58.4 Å². The first kappa shape index (κ1) is 39.2. The zero-order chi connectivity index (χ0) is 40.0. The SMILES string of the molecule is CCOC1(OCC)CCN(c2nn(C3CC4(C3)CN(C(=O)OC(C)(C)C)C4)c(C)c2-c2c(Cl)c(C)cc3c2cnn3S(=O)(=O)c2ccc(C)cc2)C2(CCC2)C1. The number of fused-ring (bicyclic) bond motifs is 1. The number of anilines is 1. The van der Waals surface area contributed by atoms with Crippen LogP contribution in [0.3, 0.4) is 0 Å². The first-order chi connectivity index (χ1) is 26.4. The lowest BCUT2D eigenvalue weighted by Crippen LogP contribution is -2.64. The summed E-state index contributed by atoms with van der Waals surface area (Å²) in [6.07, 6.45) is 7.61. The second-order valence-electron chi connectivity index (χ2n) is 17.7. The summed E-state index contributed by atoms with van der Waals surface area (Å²) in [5.41, 5.74) is 4.05. The van der Waals surface area contributed by atoms with Gasteiger partial charge in [0.1, 0.15) is 5.60 Å². The average Bonchev–Trinajstić information content (AvgIpc) is 3.64. The van der Waals surface area contributed by atoms with Crippen LogP contribution in [0.25, 0.3) is 22.0 Å². The third kappa shape index (κ3) is 6.41.